The van der Waals surface area contributed by atoms with Crippen molar-refractivity contribution in [2.24, 2.45) is 0 Å². The van der Waals surface area contributed by atoms with Crippen molar-refractivity contribution in [1.29, 1.82) is 0 Å². The molecule has 0 heterocycles. The SMILES string of the molecule is CS(=O)(=O)c1ccc(Br)c(S(=O)(=O)NCCOc2ccc(Cl)cc2)c1. The molecule has 0 saturated carbocycles. The fourth-order valence-electron chi connectivity index (χ4n) is 1.87. The number of nitrogens with one attached hydrogen (secondary N) is 1. The fraction of sp³-hybridized carbons (Fsp3) is 0.200. The van der Waals surface area contributed by atoms with Crippen LogP contribution in [-0.2, 0) is 19.9 Å². The summed E-state index contributed by atoms with van der Waals surface area (Å²) in [6.45, 7) is 0.116. The number of hydrogen-bond acceptors (Lipinski definition) is 5. The van der Waals surface area contributed by atoms with E-state index in [2.05, 4.69) is 20.7 Å². The maximum absolute atomic E-state index is 12.4. The summed E-state index contributed by atoms with van der Waals surface area (Å²) in [6, 6.07) is 10.5. The second-order valence-corrected chi connectivity index (χ2v) is 10.1. The molecule has 0 fully saturated rings. The summed E-state index contributed by atoms with van der Waals surface area (Å²) in [5.41, 5.74) is 0. The highest BCUT2D eigenvalue weighted by Crippen LogP contribution is 2.25. The minimum absolute atomic E-state index is 0.0144. The first kappa shape index (κ1) is 20.2. The molecular weight excluding hydrogens is 454 g/mol. The largest absolute Gasteiger partial charge is 0.492 e. The topological polar surface area (TPSA) is 89.5 Å². The molecule has 0 saturated heterocycles. The standard InChI is InChI=1S/C15H15BrClNO5S2/c1-24(19,20)13-6-7-14(16)15(10-13)25(21,22)18-8-9-23-12-4-2-11(17)3-5-12/h2-7,10,18H,8-9H2,1H3. The number of benzene rings is 2. The van der Waals surface area contributed by atoms with Crippen molar-refractivity contribution in [1.82, 2.24) is 4.72 Å². The van der Waals surface area contributed by atoms with Crippen molar-refractivity contribution < 1.29 is 21.6 Å². The Morgan fingerprint density at radius 1 is 1.08 bits per heavy atom. The second-order valence-electron chi connectivity index (χ2n) is 5.06. The molecule has 0 aliphatic rings. The van der Waals surface area contributed by atoms with Gasteiger partial charge in [-0.3, -0.25) is 0 Å². The Balaban J connectivity index is 2.05. The molecule has 2 rings (SSSR count). The molecule has 6 nitrogen and oxygen atoms in total. The van der Waals surface area contributed by atoms with Crippen LogP contribution >= 0.6 is 27.5 Å². The Morgan fingerprint density at radius 2 is 1.72 bits per heavy atom. The van der Waals surface area contributed by atoms with Crippen LogP contribution in [0.25, 0.3) is 0 Å². The molecule has 0 aliphatic heterocycles. The van der Waals surface area contributed by atoms with Crippen LogP contribution in [0.4, 0.5) is 0 Å². The van der Waals surface area contributed by atoms with Gasteiger partial charge in [-0.1, -0.05) is 11.6 Å². The van der Waals surface area contributed by atoms with Gasteiger partial charge in [0.2, 0.25) is 10.0 Å². The number of ether oxygens (including phenoxy) is 1. The first-order chi connectivity index (χ1) is 11.6. The first-order valence-electron chi connectivity index (χ1n) is 6.97. The molecule has 0 atom stereocenters. The monoisotopic (exact) mass is 467 g/mol. The zero-order chi connectivity index (χ0) is 18.7. The summed E-state index contributed by atoms with van der Waals surface area (Å²) in [6.07, 6.45) is 1.01. The minimum Gasteiger partial charge on any atom is -0.492 e. The van der Waals surface area contributed by atoms with Crippen molar-refractivity contribution in [3.05, 3.63) is 52.0 Å². The number of rotatable bonds is 7. The molecule has 2 aromatic rings. The lowest BCUT2D eigenvalue weighted by Gasteiger charge is -2.11. The molecule has 136 valence electrons. The number of sulfone groups is 1. The number of sulfonamides is 1. The molecule has 0 unspecified atom stereocenters. The third-order valence-corrected chi connectivity index (χ3v) is 6.91. The highest BCUT2D eigenvalue weighted by molar-refractivity contribution is 9.10. The number of halogens is 2. The second kappa shape index (κ2) is 8.05. The Bertz CT molecular complexity index is 960. The lowest BCUT2D eigenvalue weighted by atomic mass is 10.3. The van der Waals surface area contributed by atoms with Crippen molar-refractivity contribution in [2.75, 3.05) is 19.4 Å². The van der Waals surface area contributed by atoms with Gasteiger partial charge in [0.1, 0.15) is 12.4 Å². The van der Waals surface area contributed by atoms with Crippen molar-refractivity contribution in [2.45, 2.75) is 9.79 Å². The molecule has 0 aliphatic carbocycles. The van der Waals surface area contributed by atoms with Crippen LogP contribution < -0.4 is 9.46 Å². The highest BCUT2D eigenvalue weighted by atomic mass is 79.9. The van der Waals surface area contributed by atoms with Gasteiger partial charge in [0.15, 0.2) is 9.84 Å². The van der Waals surface area contributed by atoms with E-state index < -0.39 is 19.9 Å². The molecule has 0 spiro atoms. The average molecular weight is 469 g/mol. The smallest absolute Gasteiger partial charge is 0.241 e. The third kappa shape index (κ3) is 5.68. The highest BCUT2D eigenvalue weighted by Gasteiger charge is 2.20. The summed E-state index contributed by atoms with van der Waals surface area (Å²) >= 11 is 8.89. The predicted molar refractivity (Wildman–Crippen MR) is 99.4 cm³/mol. The molecule has 0 radical (unpaired) electrons. The minimum atomic E-state index is -3.90. The van der Waals surface area contributed by atoms with E-state index in [0.29, 0.717) is 10.8 Å². The van der Waals surface area contributed by atoms with Crippen LogP contribution in [0.5, 0.6) is 5.75 Å². The Labute approximate surface area is 160 Å². The summed E-state index contributed by atoms with van der Waals surface area (Å²) in [5, 5.41) is 0.573. The van der Waals surface area contributed by atoms with Gasteiger partial charge in [-0.2, -0.15) is 0 Å². The van der Waals surface area contributed by atoms with Gasteiger partial charge in [0.25, 0.3) is 0 Å². The van der Waals surface area contributed by atoms with Gasteiger partial charge in [-0.15, -0.1) is 0 Å². The predicted octanol–water partition coefficient (Wildman–Crippen LogP) is 2.86. The molecule has 25 heavy (non-hydrogen) atoms. The van der Waals surface area contributed by atoms with E-state index in [-0.39, 0.29) is 27.4 Å². The quantitative estimate of drug-likeness (QED) is 0.631. The molecule has 0 bridgehead atoms. The summed E-state index contributed by atoms with van der Waals surface area (Å²) in [4.78, 5) is -0.226. The van der Waals surface area contributed by atoms with Crippen LogP contribution in [0.1, 0.15) is 0 Å². The zero-order valence-electron chi connectivity index (χ0n) is 13.1. The van der Waals surface area contributed by atoms with Gasteiger partial charge in [-0.05, 0) is 58.4 Å². The van der Waals surface area contributed by atoms with E-state index in [4.69, 9.17) is 16.3 Å². The van der Waals surface area contributed by atoms with Gasteiger partial charge in [0.05, 0.1) is 9.79 Å². The Hall–Kier alpha value is -1.13. The zero-order valence-corrected chi connectivity index (χ0v) is 17.0. The van der Waals surface area contributed by atoms with E-state index >= 15 is 0 Å². The average Bonchev–Trinajstić information content (AvgIpc) is 2.52. The van der Waals surface area contributed by atoms with E-state index in [9.17, 15) is 16.8 Å². The molecule has 0 amide bonds. The van der Waals surface area contributed by atoms with Crippen molar-refractivity contribution >= 4 is 47.4 Å². The van der Waals surface area contributed by atoms with Crippen molar-refractivity contribution in [3.8, 4) is 5.75 Å². The normalized spacial score (nSPS) is 12.1. The summed E-state index contributed by atoms with van der Waals surface area (Å²) < 4.78 is 56.0. The molecule has 10 heteroatoms. The lowest BCUT2D eigenvalue weighted by molar-refractivity contribution is 0.323. The van der Waals surface area contributed by atoms with Gasteiger partial charge in [-0.25, -0.2) is 21.6 Å². The van der Waals surface area contributed by atoms with Crippen LogP contribution in [0.2, 0.25) is 5.02 Å². The van der Waals surface area contributed by atoms with Gasteiger partial charge >= 0.3 is 0 Å². The van der Waals surface area contributed by atoms with E-state index in [0.717, 1.165) is 12.3 Å². The van der Waals surface area contributed by atoms with Gasteiger partial charge < -0.3 is 4.74 Å². The maximum Gasteiger partial charge on any atom is 0.241 e. The fourth-order valence-corrected chi connectivity index (χ4v) is 4.72. The van der Waals surface area contributed by atoms with Crippen LogP contribution in [-0.4, -0.2) is 36.2 Å². The molecular formula is C15H15BrClNO5S2. The van der Waals surface area contributed by atoms with E-state index in [1.807, 2.05) is 0 Å². The molecule has 0 aromatic heterocycles. The number of hydrogen-bond donors (Lipinski definition) is 1. The molecule has 2 aromatic carbocycles. The third-order valence-electron chi connectivity index (χ3n) is 3.10. The molecule has 1 N–H and O–H groups in total. The summed E-state index contributed by atoms with van der Waals surface area (Å²) in [5.74, 6) is 0.559. The Kier molecular flexibility index (Phi) is 6.50. The van der Waals surface area contributed by atoms with Crippen molar-refractivity contribution in [3.63, 3.8) is 0 Å². The van der Waals surface area contributed by atoms with E-state index in [1.165, 1.54) is 12.1 Å². The first-order valence-corrected chi connectivity index (χ1v) is 11.5. The lowest BCUT2D eigenvalue weighted by Crippen LogP contribution is -2.28. The maximum atomic E-state index is 12.4. The van der Waals surface area contributed by atoms with Gasteiger partial charge in [0, 0.05) is 22.3 Å². The van der Waals surface area contributed by atoms with E-state index in [1.54, 1.807) is 24.3 Å². The van der Waals surface area contributed by atoms with Crippen LogP contribution in [0.15, 0.2) is 56.7 Å². The van der Waals surface area contributed by atoms with Crippen LogP contribution in [0, 0.1) is 0 Å². The summed E-state index contributed by atoms with van der Waals surface area (Å²) in [7, 11) is -7.41. The Morgan fingerprint density at radius 3 is 2.32 bits per heavy atom. The van der Waals surface area contributed by atoms with Crippen LogP contribution in [0.3, 0.4) is 0 Å².